The minimum absolute atomic E-state index is 0.271. The van der Waals surface area contributed by atoms with Gasteiger partial charge in [0, 0.05) is 0 Å². The normalized spacial score (nSPS) is 11.3. The Bertz CT molecular complexity index is 423. The maximum atomic E-state index is 10.4. The highest BCUT2D eigenvalue weighted by Crippen LogP contribution is 2.27. The van der Waals surface area contributed by atoms with Crippen molar-refractivity contribution in [1.82, 2.24) is 0 Å². The van der Waals surface area contributed by atoms with Crippen molar-refractivity contribution in [3.8, 4) is 11.5 Å². The molecule has 0 radical (unpaired) electrons. The summed E-state index contributed by atoms with van der Waals surface area (Å²) in [5, 5.41) is 9.19. The Morgan fingerprint density at radius 3 is 2.57 bits per heavy atom. The molecule has 0 aliphatic carbocycles. The Morgan fingerprint density at radius 1 is 1.43 bits per heavy atom. The molecule has 0 amide bonds. The first-order valence-electron chi connectivity index (χ1n) is 3.91. The van der Waals surface area contributed by atoms with Crippen molar-refractivity contribution >= 4 is 10.4 Å². The summed E-state index contributed by atoms with van der Waals surface area (Å²) in [7, 11) is -4.58. The zero-order valence-electron chi connectivity index (χ0n) is 7.47. The summed E-state index contributed by atoms with van der Waals surface area (Å²) < 4.78 is 33.3. The Morgan fingerprint density at radius 2 is 2.07 bits per heavy atom. The molecular weight excluding hydrogens is 208 g/mol. The van der Waals surface area contributed by atoms with E-state index in [1.165, 1.54) is 12.1 Å². The molecule has 0 aromatic heterocycles. The molecule has 0 atom stereocenters. The quantitative estimate of drug-likeness (QED) is 0.743. The summed E-state index contributed by atoms with van der Waals surface area (Å²) in [6.45, 7) is 1.86. The van der Waals surface area contributed by atoms with E-state index in [0.717, 1.165) is 5.56 Å². The van der Waals surface area contributed by atoms with Gasteiger partial charge in [0.25, 0.3) is 0 Å². The maximum absolute atomic E-state index is 10.4. The van der Waals surface area contributed by atoms with Gasteiger partial charge in [0.2, 0.25) is 0 Å². The number of phenols is 1. The van der Waals surface area contributed by atoms with Crippen LogP contribution in [0.3, 0.4) is 0 Å². The molecular formula is C8H10O5S. The minimum Gasteiger partial charge on any atom is -0.504 e. The summed E-state index contributed by atoms with van der Waals surface area (Å²) in [5.74, 6) is -0.605. The third-order valence-corrected chi connectivity index (χ3v) is 2.02. The Hall–Kier alpha value is -1.27. The van der Waals surface area contributed by atoms with E-state index in [1.807, 2.05) is 6.92 Å². The first-order chi connectivity index (χ1) is 6.42. The Labute approximate surface area is 81.9 Å². The highest BCUT2D eigenvalue weighted by molar-refractivity contribution is 7.81. The highest BCUT2D eigenvalue weighted by atomic mass is 32.3. The van der Waals surface area contributed by atoms with Crippen LogP contribution in [0.4, 0.5) is 0 Å². The smallest absolute Gasteiger partial charge is 0.446 e. The van der Waals surface area contributed by atoms with Crippen molar-refractivity contribution in [3.05, 3.63) is 23.8 Å². The third kappa shape index (κ3) is 2.90. The summed E-state index contributed by atoms with van der Waals surface area (Å²) in [4.78, 5) is 0. The molecule has 0 fully saturated rings. The number of aryl methyl sites for hydroxylation is 1. The van der Waals surface area contributed by atoms with Gasteiger partial charge in [-0.3, -0.25) is 4.55 Å². The molecule has 14 heavy (non-hydrogen) atoms. The van der Waals surface area contributed by atoms with Crippen LogP contribution in [0.15, 0.2) is 18.2 Å². The van der Waals surface area contributed by atoms with Gasteiger partial charge in [-0.05, 0) is 24.1 Å². The van der Waals surface area contributed by atoms with E-state index in [1.54, 1.807) is 6.07 Å². The molecule has 2 N–H and O–H groups in total. The average molecular weight is 218 g/mol. The lowest BCUT2D eigenvalue weighted by Gasteiger charge is -2.05. The zero-order valence-corrected chi connectivity index (χ0v) is 8.28. The summed E-state index contributed by atoms with van der Waals surface area (Å²) in [6.07, 6.45) is 0.669. The van der Waals surface area contributed by atoms with Crippen molar-refractivity contribution in [3.63, 3.8) is 0 Å². The van der Waals surface area contributed by atoms with E-state index in [0.29, 0.717) is 6.42 Å². The van der Waals surface area contributed by atoms with Crippen LogP contribution >= 0.6 is 0 Å². The molecule has 78 valence electrons. The van der Waals surface area contributed by atoms with Crippen LogP contribution in [-0.4, -0.2) is 18.1 Å². The fourth-order valence-electron chi connectivity index (χ4n) is 0.959. The molecule has 0 unspecified atom stereocenters. The summed E-state index contributed by atoms with van der Waals surface area (Å²) in [5.41, 5.74) is 0.793. The molecule has 0 spiro atoms. The molecule has 1 aromatic rings. The highest BCUT2D eigenvalue weighted by Gasteiger charge is 2.11. The van der Waals surface area contributed by atoms with Crippen LogP contribution in [0, 0.1) is 0 Å². The summed E-state index contributed by atoms with van der Waals surface area (Å²) >= 11 is 0. The van der Waals surface area contributed by atoms with Crippen LogP contribution in [0.25, 0.3) is 0 Å². The minimum atomic E-state index is -4.58. The van der Waals surface area contributed by atoms with Gasteiger partial charge >= 0.3 is 10.4 Å². The molecule has 0 saturated heterocycles. The number of aromatic hydroxyl groups is 1. The Balaban J connectivity index is 3.07. The molecule has 1 aromatic carbocycles. The van der Waals surface area contributed by atoms with E-state index >= 15 is 0 Å². The van der Waals surface area contributed by atoms with Crippen LogP contribution in [-0.2, 0) is 16.8 Å². The van der Waals surface area contributed by atoms with Gasteiger partial charge in [0.1, 0.15) is 0 Å². The topological polar surface area (TPSA) is 83.8 Å². The van der Waals surface area contributed by atoms with Crippen molar-refractivity contribution < 1.29 is 22.3 Å². The fraction of sp³-hybridized carbons (Fsp3) is 0.250. The second kappa shape index (κ2) is 3.85. The lowest BCUT2D eigenvalue weighted by Crippen LogP contribution is -2.06. The van der Waals surface area contributed by atoms with Gasteiger partial charge in [-0.2, -0.15) is 8.42 Å². The maximum Gasteiger partial charge on any atom is 0.446 e. The lowest BCUT2D eigenvalue weighted by molar-refractivity contribution is 0.371. The number of phenolic OH excluding ortho intramolecular Hbond substituents is 1. The van der Waals surface area contributed by atoms with Gasteiger partial charge in [0.05, 0.1) is 0 Å². The van der Waals surface area contributed by atoms with Gasteiger partial charge in [-0.25, -0.2) is 0 Å². The van der Waals surface area contributed by atoms with Crippen LogP contribution in [0.1, 0.15) is 12.5 Å². The molecule has 6 heteroatoms. The molecule has 0 bridgehead atoms. The van der Waals surface area contributed by atoms with Crippen molar-refractivity contribution in [2.75, 3.05) is 0 Å². The van der Waals surface area contributed by atoms with E-state index in [4.69, 9.17) is 4.55 Å². The van der Waals surface area contributed by atoms with Crippen LogP contribution in [0.5, 0.6) is 11.5 Å². The van der Waals surface area contributed by atoms with Crippen molar-refractivity contribution in [2.45, 2.75) is 13.3 Å². The second-order valence-corrected chi connectivity index (χ2v) is 3.69. The van der Waals surface area contributed by atoms with E-state index in [2.05, 4.69) is 4.18 Å². The van der Waals surface area contributed by atoms with Crippen molar-refractivity contribution in [1.29, 1.82) is 0 Å². The first kappa shape index (κ1) is 10.8. The van der Waals surface area contributed by atoms with Crippen LogP contribution in [0.2, 0.25) is 0 Å². The molecule has 1 rings (SSSR count). The third-order valence-electron chi connectivity index (χ3n) is 1.63. The molecule has 0 heterocycles. The van der Waals surface area contributed by atoms with Gasteiger partial charge in [-0.15, -0.1) is 0 Å². The van der Waals surface area contributed by atoms with Gasteiger partial charge in [-0.1, -0.05) is 13.0 Å². The Kier molecular flexibility index (Phi) is 2.97. The number of hydrogen-bond acceptors (Lipinski definition) is 4. The predicted octanol–water partition coefficient (Wildman–Crippen LogP) is 1.14. The number of benzene rings is 1. The van der Waals surface area contributed by atoms with E-state index < -0.39 is 10.4 Å². The number of hydrogen-bond donors (Lipinski definition) is 2. The zero-order chi connectivity index (χ0) is 10.8. The standard InChI is InChI=1S/C8H10O5S/c1-2-6-3-4-7(9)8(5-6)13-14(10,11)12/h3-5,9H,2H2,1H3,(H,10,11,12). The SMILES string of the molecule is CCc1ccc(O)c(OS(=O)(=O)O)c1. The second-order valence-electron chi connectivity index (χ2n) is 2.67. The summed E-state index contributed by atoms with van der Waals surface area (Å²) in [6, 6.07) is 4.29. The van der Waals surface area contributed by atoms with Gasteiger partial charge < -0.3 is 9.29 Å². The van der Waals surface area contributed by atoms with Crippen LogP contribution < -0.4 is 4.18 Å². The van der Waals surface area contributed by atoms with E-state index in [-0.39, 0.29) is 11.5 Å². The largest absolute Gasteiger partial charge is 0.504 e. The molecule has 0 aliphatic heterocycles. The monoisotopic (exact) mass is 218 g/mol. The average Bonchev–Trinajstić information content (AvgIpc) is 2.06. The molecule has 0 saturated carbocycles. The fourth-order valence-corrected chi connectivity index (χ4v) is 1.32. The first-order valence-corrected chi connectivity index (χ1v) is 5.27. The number of rotatable bonds is 3. The lowest BCUT2D eigenvalue weighted by atomic mass is 10.1. The van der Waals surface area contributed by atoms with Crippen molar-refractivity contribution in [2.24, 2.45) is 0 Å². The molecule has 5 nitrogen and oxygen atoms in total. The van der Waals surface area contributed by atoms with Gasteiger partial charge in [0.15, 0.2) is 11.5 Å². The molecule has 0 aliphatic rings. The predicted molar refractivity (Wildman–Crippen MR) is 49.7 cm³/mol. The van der Waals surface area contributed by atoms with E-state index in [9.17, 15) is 13.5 Å².